The number of amides is 2. The van der Waals surface area contributed by atoms with Crippen LogP contribution in [0.2, 0.25) is 0 Å². The van der Waals surface area contributed by atoms with Crippen LogP contribution in [0.1, 0.15) is 41.6 Å². The van der Waals surface area contributed by atoms with Gasteiger partial charge in [-0.15, -0.1) is 0 Å². The number of nitrogens with one attached hydrogen (secondary N) is 2. The number of aromatic carboxylic acids is 1. The molecule has 19 heavy (non-hydrogen) atoms. The fourth-order valence-electron chi connectivity index (χ4n) is 1.76. The fraction of sp³-hybridized carbons (Fsp3) is 0.538. The number of hydrogen-bond donors (Lipinski definition) is 3. The number of rotatable bonds is 5. The van der Waals surface area contributed by atoms with Gasteiger partial charge in [-0.25, -0.2) is 9.59 Å². The average Bonchev–Trinajstić information content (AvgIpc) is 2.95. The lowest BCUT2D eigenvalue weighted by atomic mass is 10.1. The fourth-order valence-corrected chi connectivity index (χ4v) is 1.76. The quantitative estimate of drug-likeness (QED) is 0.758. The first-order valence-electron chi connectivity index (χ1n) is 6.24. The van der Waals surface area contributed by atoms with Crippen LogP contribution in [0.5, 0.6) is 0 Å². The molecule has 0 atom stereocenters. The van der Waals surface area contributed by atoms with E-state index in [-0.39, 0.29) is 23.6 Å². The molecule has 0 radical (unpaired) electrons. The van der Waals surface area contributed by atoms with Crippen LogP contribution in [0, 0.1) is 12.3 Å². The predicted octanol–water partition coefficient (Wildman–Crippen LogP) is 1.89. The van der Waals surface area contributed by atoms with E-state index < -0.39 is 5.97 Å². The molecule has 6 nitrogen and oxygen atoms in total. The zero-order valence-corrected chi connectivity index (χ0v) is 11.1. The van der Waals surface area contributed by atoms with E-state index in [9.17, 15) is 9.59 Å². The molecule has 3 N–H and O–H groups in total. The third kappa shape index (κ3) is 3.49. The van der Waals surface area contributed by atoms with E-state index >= 15 is 0 Å². The van der Waals surface area contributed by atoms with Gasteiger partial charge in [-0.1, -0.05) is 6.92 Å². The second-order valence-corrected chi connectivity index (χ2v) is 5.33. The van der Waals surface area contributed by atoms with Crippen molar-refractivity contribution in [2.45, 2.75) is 33.2 Å². The molecule has 1 aliphatic carbocycles. The van der Waals surface area contributed by atoms with Crippen molar-refractivity contribution in [2.24, 2.45) is 5.41 Å². The summed E-state index contributed by atoms with van der Waals surface area (Å²) in [5, 5.41) is 14.3. The van der Waals surface area contributed by atoms with E-state index in [2.05, 4.69) is 17.6 Å². The summed E-state index contributed by atoms with van der Waals surface area (Å²) < 4.78 is 5.26. The number of carbonyl (C=O) groups excluding carboxylic acids is 1. The summed E-state index contributed by atoms with van der Waals surface area (Å²) in [6, 6.07) is 1.17. The number of aryl methyl sites for hydroxylation is 1. The van der Waals surface area contributed by atoms with E-state index in [0.29, 0.717) is 18.1 Å². The van der Waals surface area contributed by atoms with Crippen molar-refractivity contribution in [1.29, 1.82) is 0 Å². The maximum Gasteiger partial charge on any atom is 0.339 e. The van der Waals surface area contributed by atoms with E-state index in [0.717, 1.165) is 12.8 Å². The molecule has 1 aliphatic rings. The molecule has 104 valence electrons. The Morgan fingerprint density at radius 1 is 1.42 bits per heavy atom. The Bertz CT molecular complexity index is 503. The Hall–Kier alpha value is -1.98. The summed E-state index contributed by atoms with van der Waals surface area (Å²) in [4.78, 5) is 22.4. The van der Waals surface area contributed by atoms with Crippen molar-refractivity contribution in [1.82, 2.24) is 10.6 Å². The Labute approximate surface area is 111 Å². The van der Waals surface area contributed by atoms with Crippen molar-refractivity contribution in [3.8, 4) is 0 Å². The minimum absolute atomic E-state index is 0.127. The van der Waals surface area contributed by atoms with Crippen LogP contribution < -0.4 is 10.6 Å². The number of carboxylic acids is 1. The van der Waals surface area contributed by atoms with Gasteiger partial charge in [-0.2, -0.15) is 0 Å². The van der Waals surface area contributed by atoms with E-state index in [1.807, 2.05) is 0 Å². The standard InChI is InChI=1S/C13H18N2O4/c1-8-10(11(16)17)5-9(19-8)6-14-12(18)15-7-13(2)3-4-13/h5H,3-4,6-7H2,1-2H3,(H,16,17)(H2,14,15,18). The van der Waals surface area contributed by atoms with Gasteiger partial charge in [0, 0.05) is 6.54 Å². The first-order valence-corrected chi connectivity index (χ1v) is 6.24. The Morgan fingerprint density at radius 3 is 2.63 bits per heavy atom. The summed E-state index contributed by atoms with van der Waals surface area (Å²) in [6.07, 6.45) is 2.29. The van der Waals surface area contributed by atoms with Crippen molar-refractivity contribution in [3.63, 3.8) is 0 Å². The molecule has 0 aliphatic heterocycles. The molecule has 1 fully saturated rings. The first kappa shape index (κ1) is 13.5. The van der Waals surface area contributed by atoms with Crippen LogP contribution in [0.25, 0.3) is 0 Å². The second-order valence-electron chi connectivity index (χ2n) is 5.33. The van der Waals surface area contributed by atoms with Crippen molar-refractivity contribution in [2.75, 3.05) is 6.54 Å². The summed E-state index contributed by atoms with van der Waals surface area (Å²) in [5.74, 6) is -0.253. The lowest BCUT2D eigenvalue weighted by Crippen LogP contribution is -2.37. The highest BCUT2D eigenvalue weighted by molar-refractivity contribution is 5.88. The van der Waals surface area contributed by atoms with Gasteiger partial charge in [0.05, 0.1) is 6.54 Å². The van der Waals surface area contributed by atoms with Gasteiger partial charge in [0.2, 0.25) is 0 Å². The lowest BCUT2D eigenvalue weighted by molar-refractivity contribution is 0.0695. The highest BCUT2D eigenvalue weighted by Gasteiger charge is 2.37. The SMILES string of the molecule is Cc1oc(CNC(=O)NCC2(C)CC2)cc1C(=O)O. The Balaban J connectivity index is 1.79. The van der Waals surface area contributed by atoms with Crippen molar-refractivity contribution >= 4 is 12.0 Å². The maximum atomic E-state index is 11.5. The molecule has 1 aromatic heterocycles. The predicted molar refractivity (Wildman–Crippen MR) is 68.0 cm³/mol. The zero-order chi connectivity index (χ0) is 14.0. The smallest absolute Gasteiger partial charge is 0.339 e. The van der Waals surface area contributed by atoms with Gasteiger partial charge in [0.25, 0.3) is 0 Å². The molecular weight excluding hydrogens is 248 g/mol. The molecule has 1 heterocycles. The van der Waals surface area contributed by atoms with Crippen LogP contribution >= 0.6 is 0 Å². The average molecular weight is 266 g/mol. The van der Waals surface area contributed by atoms with Crippen molar-refractivity contribution < 1.29 is 19.1 Å². The van der Waals surface area contributed by atoms with Gasteiger partial charge in [-0.3, -0.25) is 0 Å². The van der Waals surface area contributed by atoms with Gasteiger partial charge in [0.1, 0.15) is 17.1 Å². The van der Waals surface area contributed by atoms with Gasteiger partial charge in [-0.05, 0) is 31.2 Å². The Morgan fingerprint density at radius 2 is 2.11 bits per heavy atom. The number of carbonyl (C=O) groups is 2. The molecule has 2 amide bonds. The van der Waals surface area contributed by atoms with Crippen LogP contribution in [0.15, 0.2) is 10.5 Å². The monoisotopic (exact) mass is 266 g/mol. The first-order chi connectivity index (χ1) is 8.89. The van der Waals surface area contributed by atoms with Gasteiger partial charge >= 0.3 is 12.0 Å². The van der Waals surface area contributed by atoms with Gasteiger partial charge in [0.15, 0.2) is 0 Å². The van der Waals surface area contributed by atoms with E-state index in [1.54, 1.807) is 6.92 Å². The van der Waals surface area contributed by atoms with Crippen LogP contribution in [-0.4, -0.2) is 23.7 Å². The van der Waals surface area contributed by atoms with Crippen LogP contribution in [0.3, 0.4) is 0 Å². The Kier molecular flexibility index (Phi) is 3.50. The number of furan rings is 1. The van der Waals surface area contributed by atoms with E-state index in [1.165, 1.54) is 6.07 Å². The summed E-state index contributed by atoms with van der Waals surface area (Å²) in [7, 11) is 0. The molecular formula is C13H18N2O4. The number of urea groups is 1. The number of carboxylic acid groups (broad SMARTS) is 1. The molecule has 1 saturated carbocycles. The van der Waals surface area contributed by atoms with Crippen molar-refractivity contribution in [3.05, 3.63) is 23.2 Å². The zero-order valence-electron chi connectivity index (χ0n) is 11.1. The lowest BCUT2D eigenvalue weighted by Gasteiger charge is -2.10. The van der Waals surface area contributed by atoms with Gasteiger partial charge < -0.3 is 20.2 Å². The molecule has 1 aromatic rings. The molecule has 0 saturated heterocycles. The summed E-state index contributed by atoms with van der Waals surface area (Å²) in [5.41, 5.74) is 0.387. The minimum Gasteiger partial charge on any atom is -0.478 e. The topological polar surface area (TPSA) is 91.6 Å². The maximum absolute atomic E-state index is 11.5. The molecule has 0 spiro atoms. The molecule has 2 rings (SSSR count). The number of hydrogen-bond acceptors (Lipinski definition) is 3. The molecule has 0 unspecified atom stereocenters. The molecule has 6 heteroatoms. The summed E-state index contributed by atoms with van der Waals surface area (Å²) in [6.45, 7) is 4.55. The molecule has 0 aromatic carbocycles. The second kappa shape index (κ2) is 4.95. The van der Waals surface area contributed by atoms with E-state index in [4.69, 9.17) is 9.52 Å². The highest BCUT2D eigenvalue weighted by atomic mass is 16.4. The third-order valence-electron chi connectivity index (χ3n) is 3.40. The third-order valence-corrected chi connectivity index (χ3v) is 3.40. The highest BCUT2D eigenvalue weighted by Crippen LogP contribution is 2.43. The minimum atomic E-state index is -1.03. The van der Waals surface area contributed by atoms with Crippen LogP contribution in [-0.2, 0) is 6.54 Å². The van der Waals surface area contributed by atoms with Crippen LogP contribution in [0.4, 0.5) is 4.79 Å². The largest absolute Gasteiger partial charge is 0.478 e. The normalized spacial score (nSPS) is 15.9. The molecule has 0 bridgehead atoms. The summed E-state index contributed by atoms with van der Waals surface area (Å²) >= 11 is 0.